The Hall–Kier alpha value is -3.34. The van der Waals surface area contributed by atoms with Gasteiger partial charge in [-0.25, -0.2) is 0 Å². The molecule has 0 radical (unpaired) electrons. The Labute approximate surface area is 156 Å². The Kier molecular flexibility index (Phi) is 3.78. The van der Waals surface area contributed by atoms with Crippen LogP contribution in [-0.2, 0) is 19.4 Å². The van der Waals surface area contributed by atoms with Crippen LogP contribution in [0.3, 0.4) is 0 Å². The largest absolute Gasteiger partial charge is 0.461 e. The fourth-order valence-corrected chi connectivity index (χ4v) is 4.42. The molecule has 0 atom stereocenters. The molecule has 0 bridgehead atoms. The average Bonchev–Trinajstić information content (AvgIpc) is 3.48. The molecule has 0 unspecified atom stereocenters. The molecule has 0 saturated carbocycles. The third-order valence-corrected chi connectivity index (χ3v) is 5.58. The van der Waals surface area contributed by atoms with Gasteiger partial charge in [-0.15, -0.1) is 16.4 Å². The zero-order valence-electron chi connectivity index (χ0n) is 14.0. The van der Waals surface area contributed by atoms with E-state index in [0.29, 0.717) is 23.0 Å². The molecule has 4 aromatic rings. The molecule has 0 aliphatic heterocycles. The Morgan fingerprint density at radius 2 is 2.33 bits per heavy atom. The molecule has 1 aliphatic carbocycles. The summed E-state index contributed by atoms with van der Waals surface area (Å²) < 4.78 is 11.9. The molecule has 0 aromatic carbocycles. The highest BCUT2D eigenvalue weighted by atomic mass is 32.1. The van der Waals surface area contributed by atoms with Crippen LogP contribution >= 0.6 is 11.3 Å². The van der Waals surface area contributed by atoms with Crippen LogP contribution in [0.1, 0.15) is 33.1 Å². The minimum atomic E-state index is -0.211. The highest BCUT2D eigenvalue weighted by Crippen LogP contribution is 2.37. The van der Waals surface area contributed by atoms with Gasteiger partial charge in [-0.3, -0.25) is 4.79 Å². The van der Waals surface area contributed by atoms with Crippen LogP contribution in [0, 0.1) is 0 Å². The van der Waals surface area contributed by atoms with Crippen molar-refractivity contribution < 1.29 is 13.7 Å². The second-order valence-electron chi connectivity index (χ2n) is 5.96. The first-order chi connectivity index (χ1) is 13.3. The van der Waals surface area contributed by atoms with Crippen LogP contribution in [0.15, 0.2) is 33.7 Å². The minimum absolute atomic E-state index is 0.117. The van der Waals surface area contributed by atoms with Crippen molar-refractivity contribution in [1.29, 1.82) is 0 Å². The third kappa shape index (κ3) is 2.81. The number of hydrogen-bond donors (Lipinski definition) is 1. The second-order valence-corrected chi connectivity index (χ2v) is 7.05. The maximum Gasteiger partial charge on any atom is 0.255 e. The van der Waals surface area contributed by atoms with Gasteiger partial charge in [0.05, 0.1) is 18.4 Å². The maximum absolute atomic E-state index is 12.9. The highest BCUT2D eigenvalue weighted by molar-refractivity contribution is 7.15. The molecule has 5 rings (SSSR count). The summed E-state index contributed by atoms with van der Waals surface area (Å²) >= 11 is 1.55. The van der Waals surface area contributed by atoms with Crippen LogP contribution in [0.2, 0.25) is 0 Å². The number of furan rings is 1. The molecule has 11 heteroatoms. The monoisotopic (exact) mass is 383 g/mol. The Morgan fingerprint density at radius 1 is 1.37 bits per heavy atom. The fourth-order valence-electron chi connectivity index (χ4n) is 3.12. The van der Waals surface area contributed by atoms with Gasteiger partial charge in [0.1, 0.15) is 11.3 Å². The van der Waals surface area contributed by atoms with Gasteiger partial charge in [-0.2, -0.15) is 9.67 Å². The molecule has 0 spiro atoms. The van der Waals surface area contributed by atoms with Gasteiger partial charge in [0.15, 0.2) is 5.76 Å². The number of nitrogens with one attached hydrogen (secondary N) is 1. The molecule has 10 nitrogen and oxygen atoms in total. The minimum Gasteiger partial charge on any atom is -0.461 e. The Balaban J connectivity index is 1.37. The number of tetrazole rings is 1. The van der Waals surface area contributed by atoms with Crippen LogP contribution in [-0.4, -0.2) is 36.3 Å². The molecule has 136 valence electrons. The van der Waals surface area contributed by atoms with Crippen molar-refractivity contribution in [2.45, 2.75) is 25.8 Å². The van der Waals surface area contributed by atoms with Gasteiger partial charge in [0, 0.05) is 4.88 Å². The van der Waals surface area contributed by atoms with Gasteiger partial charge < -0.3 is 14.3 Å². The van der Waals surface area contributed by atoms with Crippen molar-refractivity contribution in [2.24, 2.45) is 0 Å². The molecule has 27 heavy (non-hydrogen) atoms. The lowest BCUT2D eigenvalue weighted by Crippen LogP contribution is -2.24. The highest BCUT2D eigenvalue weighted by Gasteiger charge is 2.28. The number of aryl methyl sites for hydroxylation is 1. The molecular formula is C16H13N7O3S. The molecule has 4 heterocycles. The predicted octanol–water partition coefficient (Wildman–Crippen LogP) is 1.79. The number of aromatic nitrogens is 6. The average molecular weight is 383 g/mol. The van der Waals surface area contributed by atoms with Crippen LogP contribution in [0.25, 0.3) is 16.6 Å². The molecule has 0 fully saturated rings. The zero-order valence-corrected chi connectivity index (χ0v) is 14.8. The van der Waals surface area contributed by atoms with E-state index >= 15 is 0 Å². The van der Waals surface area contributed by atoms with Crippen molar-refractivity contribution in [3.8, 4) is 16.6 Å². The summed E-state index contributed by atoms with van der Waals surface area (Å²) in [5.41, 5.74) is 1.69. The van der Waals surface area contributed by atoms with E-state index in [4.69, 9.17) is 8.94 Å². The number of carbonyl (C=O) groups excluding carboxylic acids is 1. The van der Waals surface area contributed by atoms with E-state index in [0.717, 1.165) is 29.8 Å². The standard InChI is InChI=1S/C16H13N7O3S/c24-15(17-7-12-19-14(20-26-12)10-4-2-6-25-10)13-9-3-1-5-11(9)27-16(13)23-8-18-21-22-23/h2,4,6,8H,1,3,5,7H2,(H,17,24). The van der Waals surface area contributed by atoms with E-state index in [-0.39, 0.29) is 12.5 Å². The van der Waals surface area contributed by atoms with E-state index in [1.54, 1.807) is 23.5 Å². The lowest BCUT2D eigenvalue weighted by Gasteiger charge is -2.06. The summed E-state index contributed by atoms with van der Waals surface area (Å²) in [6, 6.07) is 3.48. The first-order valence-electron chi connectivity index (χ1n) is 8.32. The van der Waals surface area contributed by atoms with Gasteiger partial charge >= 0.3 is 0 Å². The fraction of sp³-hybridized carbons (Fsp3) is 0.250. The predicted molar refractivity (Wildman–Crippen MR) is 92.2 cm³/mol. The number of rotatable bonds is 5. The lowest BCUT2D eigenvalue weighted by atomic mass is 10.1. The summed E-state index contributed by atoms with van der Waals surface area (Å²) in [4.78, 5) is 18.3. The topological polar surface area (TPSA) is 125 Å². The van der Waals surface area contributed by atoms with Crippen LogP contribution in [0.5, 0.6) is 0 Å². The summed E-state index contributed by atoms with van der Waals surface area (Å²) in [5, 5.41) is 18.7. The van der Waals surface area contributed by atoms with Gasteiger partial charge in [-0.05, 0) is 47.4 Å². The summed E-state index contributed by atoms with van der Waals surface area (Å²) in [7, 11) is 0. The maximum atomic E-state index is 12.9. The number of fused-ring (bicyclic) bond motifs is 1. The molecule has 1 aliphatic rings. The molecular weight excluding hydrogens is 370 g/mol. The molecule has 0 saturated heterocycles. The summed E-state index contributed by atoms with van der Waals surface area (Å²) in [5.74, 6) is 0.936. The number of carbonyl (C=O) groups is 1. The van der Waals surface area contributed by atoms with Crippen LogP contribution in [0.4, 0.5) is 0 Å². The van der Waals surface area contributed by atoms with Crippen molar-refractivity contribution in [3.63, 3.8) is 0 Å². The lowest BCUT2D eigenvalue weighted by molar-refractivity contribution is 0.0945. The van der Waals surface area contributed by atoms with Gasteiger partial charge in [0.25, 0.3) is 5.91 Å². The van der Waals surface area contributed by atoms with Gasteiger partial charge in [0.2, 0.25) is 11.7 Å². The molecule has 4 aromatic heterocycles. The van der Waals surface area contributed by atoms with Gasteiger partial charge in [-0.1, -0.05) is 5.16 Å². The third-order valence-electron chi connectivity index (χ3n) is 4.30. The SMILES string of the molecule is O=C(NCc1nc(-c2ccco2)no1)c1c(-n2cnnn2)sc2c1CCC2. The number of thiophene rings is 1. The Bertz CT molecular complexity index is 1080. The first-order valence-corrected chi connectivity index (χ1v) is 9.14. The van der Waals surface area contributed by atoms with E-state index < -0.39 is 0 Å². The number of hydrogen-bond acceptors (Lipinski definition) is 9. The number of nitrogens with zero attached hydrogens (tertiary/aromatic N) is 6. The first kappa shape index (κ1) is 15.9. The van der Waals surface area contributed by atoms with Crippen molar-refractivity contribution in [3.05, 3.63) is 46.6 Å². The molecule has 1 amide bonds. The number of amides is 1. The van der Waals surface area contributed by atoms with E-state index in [9.17, 15) is 4.79 Å². The zero-order chi connectivity index (χ0) is 18.2. The van der Waals surface area contributed by atoms with Crippen molar-refractivity contribution in [1.82, 2.24) is 35.7 Å². The van der Waals surface area contributed by atoms with Crippen molar-refractivity contribution >= 4 is 17.2 Å². The molecule has 1 N–H and O–H groups in total. The van der Waals surface area contributed by atoms with E-state index in [1.165, 1.54) is 22.1 Å². The second kappa shape index (κ2) is 6.43. The smallest absolute Gasteiger partial charge is 0.255 e. The van der Waals surface area contributed by atoms with Crippen molar-refractivity contribution in [2.75, 3.05) is 0 Å². The van der Waals surface area contributed by atoms with E-state index in [1.807, 2.05) is 0 Å². The van der Waals surface area contributed by atoms with E-state index in [2.05, 4.69) is 31.0 Å². The summed E-state index contributed by atoms with van der Waals surface area (Å²) in [6.07, 6.45) is 5.92. The summed E-state index contributed by atoms with van der Waals surface area (Å²) in [6.45, 7) is 0.117. The quantitative estimate of drug-likeness (QED) is 0.553. The van der Waals surface area contributed by atoms with Crippen LogP contribution < -0.4 is 5.32 Å². The Morgan fingerprint density at radius 3 is 3.15 bits per heavy atom. The normalized spacial score (nSPS) is 13.0.